The molecule has 0 unspecified atom stereocenters. The lowest BCUT2D eigenvalue weighted by molar-refractivity contribution is 0.759. The zero-order valence-electron chi connectivity index (χ0n) is 14.7. The first-order valence-electron chi connectivity index (χ1n) is 8.73. The highest BCUT2D eigenvalue weighted by molar-refractivity contribution is 5.66. The normalized spacial score (nSPS) is 13.4. The highest BCUT2D eigenvalue weighted by Crippen LogP contribution is 2.32. The molecule has 1 aliphatic heterocycles. The number of benzene rings is 2. The molecule has 1 aromatic heterocycles. The van der Waals surface area contributed by atoms with E-state index in [9.17, 15) is 0 Å². The SMILES string of the molecule is Cc1cc(C)cc(Nc2nccc(N3CCCc4ccccc43)n2)c1. The van der Waals surface area contributed by atoms with Crippen molar-refractivity contribution in [3.05, 3.63) is 71.4 Å². The molecule has 1 N–H and O–H groups in total. The summed E-state index contributed by atoms with van der Waals surface area (Å²) in [6.07, 6.45) is 4.09. The van der Waals surface area contributed by atoms with Gasteiger partial charge in [0, 0.05) is 24.1 Å². The Labute approximate surface area is 148 Å². The van der Waals surface area contributed by atoms with E-state index in [0.29, 0.717) is 5.95 Å². The second-order valence-corrected chi connectivity index (χ2v) is 6.62. The molecule has 0 spiro atoms. The maximum Gasteiger partial charge on any atom is 0.229 e. The smallest absolute Gasteiger partial charge is 0.229 e. The van der Waals surface area contributed by atoms with Crippen molar-refractivity contribution in [2.24, 2.45) is 0 Å². The number of hydrogen-bond donors (Lipinski definition) is 1. The summed E-state index contributed by atoms with van der Waals surface area (Å²) in [6, 6.07) is 16.9. The van der Waals surface area contributed by atoms with Gasteiger partial charge in [-0.05, 0) is 67.6 Å². The topological polar surface area (TPSA) is 41.1 Å². The van der Waals surface area contributed by atoms with E-state index in [0.717, 1.165) is 30.9 Å². The van der Waals surface area contributed by atoms with Crippen molar-refractivity contribution in [1.29, 1.82) is 0 Å². The highest BCUT2D eigenvalue weighted by Gasteiger charge is 2.19. The molecule has 0 aliphatic carbocycles. The van der Waals surface area contributed by atoms with Gasteiger partial charge in [0.05, 0.1) is 0 Å². The fraction of sp³-hybridized carbons (Fsp3) is 0.238. The van der Waals surface area contributed by atoms with Crippen LogP contribution in [0.3, 0.4) is 0 Å². The summed E-state index contributed by atoms with van der Waals surface area (Å²) in [5.74, 6) is 1.57. The molecule has 4 heteroatoms. The molecule has 0 saturated heterocycles. The van der Waals surface area contributed by atoms with Gasteiger partial charge in [-0.2, -0.15) is 4.98 Å². The van der Waals surface area contributed by atoms with Gasteiger partial charge in [-0.15, -0.1) is 0 Å². The lowest BCUT2D eigenvalue weighted by Crippen LogP contribution is -2.25. The molecule has 0 amide bonds. The van der Waals surface area contributed by atoms with E-state index in [4.69, 9.17) is 4.98 Å². The number of para-hydroxylation sites is 1. The van der Waals surface area contributed by atoms with Crippen LogP contribution in [0.4, 0.5) is 23.1 Å². The molecule has 25 heavy (non-hydrogen) atoms. The van der Waals surface area contributed by atoms with E-state index in [1.165, 1.54) is 22.4 Å². The molecule has 0 bridgehead atoms. The van der Waals surface area contributed by atoms with Crippen molar-refractivity contribution in [3.8, 4) is 0 Å². The lowest BCUT2D eigenvalue weighted by atomic mass is 10.0. The van der Waals surface area contributed by atoms with Crippen LogP contribution in [-0.2, 0) is 6.42 Å². The van der Waals surface area contributed by atoms with Crippen LogP contribution < -0.4 is 10.2 Å². The second kappa shape index (κ2) is 6.55. The number of nitrogens with zero attached hydrogens (tertiary/aromatic N) is 3. The van der Waals surface area contributed by atoms with Crippen LogP contribution in [0.1, 0.15) is 23.1 Å². The third-order valence-electron chi connectivity index (χ3n) is 4.51. The van der Waals surface area contributed by atoms with Crippen LogP contribution in [0.5, 0.6) is 0 Å². The Hall–Kier alpha value is -2.88. The monoisotopic (exact) mass is 330 g/mol. The maximum absolute atomic E-state index is 4.75. The number of aromatic nitrogens is 2. The third-order valence-corrected chi connectivity index (χ3v) is 4.51. The number of anilines is 4. The Morgan fingerprint density at radius 1 is 1.00 bits per heavy atom. The first-order valence-corrected chi connectivity index (χ1v) is 8.73. The van der Waals surface area contributed by atoms with Crippen molar-refractivity contribution in [3.63, 3.8) is 0 Å². The Morgan fingerprint density at radius 2 is 1.80 bits per heavy atom. The average Bonchev–Trinajstić information content (AvgIpc) is 2.60. The van der Waals surface area contributed by atoms with E-state index in [1.54, 1.807) is 0 Å². The van der Waals surface area contributed by atoms with E-state index in [1.807, 2.05) is 12.3 Å². The summed E-state index contributed by atoms with van der Waals surface area (Å²) < 4.78 is 0. The number of rotatable bonds is 3. The number of fused-ring (bicyclic) bond motifs is 1. The molecule has 3 aromatic rings. The molecule has 2 heterocycles. The summed E-state index contributed by atoms with van der Waals surface area (Å²) in [5, 5.41) is 3.34. The maximum atomic E-state index is 4.75. The highest BCUT2D eigenvalue weighted by atomic mass is 15.2. The Balaban J connectivity index is 1.64. The predicted octanol–water partition coefficient (Wildman–Crippen LogP) is 4.92. The van der Waals surface area contributed by atoms with Gasteiger partial charge in [0.25, 0.3) is 0 Å². The first kappa shape index (κ1) is 15.6. The molecule has 0 radical (unpaired) electrons. The van der Waals surface area contributed by atoms with E-state index < -0.39 is 0 Å². The minimum atomic E-state index is 0.630. The summed E-state index contributed by atoms with van der Waals surface area (Å²) in [7, 11) is 0. The summed E-state index contributed by atoms with van der Waals surface area (Å²) in [4.78, 5) is 11.4. The summed E-state index contributed by atoms with van der Waals surface area (Å²) in [6.45, 7) is 5.18. The van der Waals surface area contributed by atoms with Crippen LogP contribution in [0.15, 0.2) is 54.7 Å². The quantitative estimate of drug-likeness (QED) is 0.740. The van der Waals surface area contributed by atoms with E-state index >= 15 is 0 Å². The molecule has 1 aliphatic rings. The summed E-state index contributed by atoms with van der Waals surface area (Å²) in [5.41, 5.74) is 6.11. The zero-order chi connectivity index (χ0) is 17.2. The minimum Gasteiger partial charge on any atom is -0.326 e. The van der Waals surface area contributed by atoms with Gasteiger partial charge in [0.15, 0.2) is 0 Å². The van der Waals surface area contributed by atoms with Crippen LogP contribution in [0.2, 0.25) is 0 Å². The summed E-state index contributed by atoms with van der Waals surface area (Å²) >= 11 is 0. The van der Waals surface area contributed by atoms with E-state index in [-0.39, 0.29) is 0 Å². The van der Waals surface area contributed by atoms with E-state index in [2.05, 4.69) is 71.5 Å². The van der Waals surface area contributed by atoms with Gasteiger partial charge in [0.1, 0.15) is 5.82 Å². The average molecular weight is 330 g/mol. The second-order valence-electron chi connectivity index (χ2n) is 6.62. The van der Waals surface area contributed by atoms with Gasteiger partial charge in [-0.3, -0.25) is 0 Å². The minimum absolute atomic E-state index is 0.630. The molecule has 0 atom stereocenters. The Bertz CT molecular complexity index is 884. The lowest BCUT2D eigenvalue weighted by Gasteiger charge is -2.30. The molecule has 4 nitrogen and oxygen atoms in total. The standard InChI is InChI=1S/C21H22N4/c1-15-12-16(2)14-18(13-15)23-21-22-10-9-20(24-21)25-11-5-7-17-6-3-4-8-19(17)25/h3-4,6,8-10,12-14H,5,7,11H2,1-2H3,(H,22,23,24). The number of aryl methyl sites for hydroxylation is 3. The van der Waals surface area contributed by atoms with Gasteiger partial charge in [0.2, 0.25) is 5.95 Å². The van der Waals surface area contributed by atoms with Gasteiger partial charge in [-0.1, -0.05) is 24.3 Å². The Kier molecular flexibility index (Phi) is 4.10. The molecule has 0 saturated carbocycles. The van der Waals surface area contributed by atoms with Crippen LogP contribution in [0.25, 0.3) is 0 Å². The van der Waals surface area contributed by atoms with Crippen molar-refractivity contribution < 1.29 is 0 Å². The van der Waals surface area contributed by atoms with Crippen molar-refractivity contribution >= 4 is 23.1 Å². The predicted molar refractivity (Wildman–Crippen MR) is 103 cm³/mol. The van der Waals surface area contributed by atoms with Crippen LogP contribution >= 0.6 is 0 Å². The number of nitrogens with one attached hydrogen (secondary N) is 1. The third kappa shape index (κ3) is 3.33. The van der Waals surface area contributed by atoms with Gasteiger partial charge < -0.3 is 10.2 Å². The van der Waals surface area contributed by atoms with Gasteiger partial charge >= 0.3 is 0 Å². The largest absolute Gasteiger partial charge is 0.326 e. The molecular formula is C21H22N4. The molecule has 0 fully saturated rings. The fourth-order valence-corrected chi connectivity index (χ4v) is 3.51. The molecule has 4 rings (SSSR count). The van der Waals surface area contributed by atoms with Crippen molar-refractivity contribution in [2.45, 2.75) is 26.7 Å². The van der Waals surface area contributed by atoms with Crippen molar-refractivity contribution in [1.82, 2.24) is 9.97 Å². The first-order chi connectivity index (χ1) is 12.2. The zero-order valence-corrected chi connectivity index (χ0v) is 14.7. The molecule has 126 valence electrons. The molecule has 2 aromatic carbocycles. The molecular weight excluding hydrogens is 308 g/mol. The van der Waals surface area contributed by atoms with Gasteiger partial charge in [-0.25, -0.2) is 4.98 Å². The number of hydrogen-bond acceptors (Lipinski definition) is 4. The van der Waals surface area contributed by atoms with Crippen LogP contribution in [-0.4, -0.2) is 16.5 Å². The van der Waals surface area contributed by atoms with Crippen LogP contribution in [0, 0.1) is 13.8 Å². The Morgan fingerprint density at radius 3 is 2.64 bits per heavy atom. The van der Waals surface area contributed by atoms with Crippen molar-refractivity contribution in [2.75, 3.05) is 16.8 Å². The fourth-order valence-electron chi connectivity index (χ4n) is 3.51.